The summed E-state index contributed by atoms with van der Waals surface area (Å²) in [5.41, 5.74) is 0. The molecule has 5 nitrogen and oxygen atoms in total. The van der Waals surface area contributed by atoms with E-state index in [0.29, 0.717) is 28.7 Å². The van der Waals surface area contributed by atoms with Crippen molar-refractivity contribution in [2.75, 3.05) is 35.5 Å². The molecule has 0 saturated carbocycles. The van der Waals surface area contributed by atoms with E-state index in [1.165, 1.54) is 35.5 Å². The van der Waals surface area contributed by atoms with Crippen molar-refractivity contribution in [3.8, 4) is 28.7 Å². The molecule has 0 bridgehead atoms. The summed E-state index contributed by atoms with van der Waals surface area (Å²) in [5, 5.41) is 0. The van der Waals surface area contributed by atoms with E-state index in [-0.39, 0.29) is 18.9 Å². The van der Waals surface area contributed by atoms with Gasteiger partial charge in [0.2, 0.25) is 0 Å². The summed E-state index contributed by atoms with van der Waals surface area (Å²) in [6.45, 7) is 0. The van der Waals surface area contributed by atoms with E-state index in [4.69, 9.17) is 23.7 Å². The van der Waals surface area contributed by atoms with Gasteiger partial charge in [-0.15, -0.1) is 0 Å². The molecule has 0 spiro atoms. The number of rotatable bonds is 5. The van der Waals surface area contributed by atoms with Crippen molar-refractivity contribution in [3.63, 3.8) is 0 Å². The van der Waals surface area contributed by atoms with Gasteiger partial charge in [-0.25, -0.2) is 0 Å². The van der Waals surface area contributed by atoms with Gasteiger partial charge in [0.05, 0.1) is 64.3 Å². The summed E-state index contributed by atoms with van der Waals surface area (Å²) in [7, 11) is 7.57. The summed E-state index contributed by atoms with van der Waals surface area (Å²) >= 11 is 0. The SMILES string of the molecule is COc1[c-]c(OC)c(OC)c(OC)c1OC.[Li+]. The summed E-state index contributed by atoms with van der Waals surface area (Å²) < 4.78 is 25.8. The molecule has 0 aromatic heterocycles. The molecular weight excluding hydrogens is 219 g/mol. The van der Waals surface area contributed by atoms with Crippen molar-refractivity contribution in [3.05, 3.63) is 6.07 Å². The number of benzene rings is 1. The van der Waals surface area contributed by atoms with E-state index >= 15 is 0 Å². The van der Waals surface area contributed by atoms with Crippen LogP contribution in [-0.2, 0) is 0 Å². The Morgan fingerprint density at radius 1 is 0.588 bits per heavy atom. The predicted octanol–water partition coefficient (Wildman–Crippen LogP) is -1.47. The molecule has 0 atom stereocenters. The molecule has 0 aliphatic carbocycles. The van der Waals surface area contributed by atoms with Gasteiger partial charge in [-0.3, -0.25) is 0 Å². The largest absolute Gasteiger partial charge is 1.00 e. The fourth-order valence-electron chi connectivity index (χ4n) is 1.37. The predicted molar refractivity (Wildman–Crippen MR) is 58.0 cm³/mol. The van der Waals surface area contributed by atoms with Crippen molar-refractivity contribution in [1.29, 1.82) is 0 Å². The van der Waals surface area contributed by atoms with Gasteiger partial charge in [-0.2, -0.15) is 0 Å². The molecule has 1 aromatic carbocycles. The van der Waals surface area contributed by atoms with Crippen LogP contribution in [0, 0.1) is 6.07 Å². The molecular formula is C11H15LiO5. The van der Waals surface area contributed by atoms with E-state index in [9.17, 15) is 0 Å². The molecule has 90 valence electrons. The van der Waals surface area contributed by atoms with Crippen LogP contribution in [0.15, 0.2) is 0 Å². The fraction of sp³-hybridized carbons (Fsp3) is 0.455. The molecule has 0 N–H and O–H groups in total. The zero-order valence-electron chi connectivity index (χ0n) is 11.0. The van der Waals surface area contributed by atoms with Crippen molar-refractivity contribution >= 4 is 0 Å². The van der Waals surface area contributed by atoms with Gasteiger partial charge in [-0.05, 0) is 0 Å². The van der Waals surface area contributed by atoms with Gasteiger partial charge < -0.3 is 23.7 Å². The minimum Gasteiger partial charge on any atom is -0.547 e. The van der Waals surface area contributed by atoms with E-state index < -0.39 is 0 Å². The van der Waals surface area contributed by atoms with Gasteiger partial charge in [-0.1, -0.05) is 6.07 Å². The Labute approximate surface area is 113 Å². The second kappa shape index (κ2) is 7.20. The third-order valence-electron chi connectivity index (χ3n) is 2.07. The molecule has 0 radical (unpaired) electrons. The first kappa shape index (κ1) is 15.8. The first-order valence-corrected chi connectivity index (χ1v) is 4.56. The van der Waals surface area contributed by atoms with Gasteiger partial charge >= 0.3 is 18.9 Å². The van der Waals surface area contributed by atoms with Gasteiger partial charge in [0.25, 0.3) is 0 Å². The van der Waals surface area contributed by atoms with Crippen LogP contribution in [-0.4, -0.2) is 35.5 Å². The molecule has 0 aliphatic rings. The van der Waals surface area contributed by atoms with E-state index in [0.717, 1.165) is 0 Å². The molecule has 1 rings (SSSR count). The molecule has 0 saturated heterocycles. The zero-order valence-corrected chi connectivity index (χ0v) is 11.0. The van der Waals surface area contributed by atoms with Crippen LogP contribution in [0.3, 0.4) is 0 Å². The van der Waals surface area contributed by atoms with Crippen LogP contribution in [0.25, 0.3) is 0 Å². The minimum atomic E-state index is 0. The quantitative estimate of drug-likeness (QED) is 0.460. The molecule has 6 heteroatoms. The maximum Gasteiger partial charge on any atom is 1.00 e. The molecule has 17 heavy (non-hydrogen) atoms. The Morgan fingerprint density at radius 2 is 0.941 bits per heavy atom. The van der Waals surface area contributed by atoms with Gasteiger partial charge in [0, 0.05) is 0 Å². The molecule has 0 unspecified atom stereocenters. The fourth-order valence-corrected chi connectivity index (χ4v) is 1.37. The Kier molecular flexibility index (Phi) is 6.70. The maximum absolute atomic E-state index is 5.21. The standard InChI is InChI=1S/C11H15O5.Li/c1-12-7-6-8(13-2)10(15-4)11(16-5)9(7)14-3;/h1-5H3;/q-1;+1. The number of ether oxygens (including phenoxy) is 5. The van der Waals surface area contributed by atoms with Crippen LogP contribution < -0.4 is 42.5 Å². The van der Waals surface area contributed by atoms with Gasteiger partial charge in [0.15, 0.2) is 0 Å². The van der Waals surface area contributed by atoms with Crippen LogP contribution in [0.5, 0.6) is 28.7 Å². The molecule has 0 fully saturated rings. The Hall–Kier alpha value is -1.18. The second-order valence-electron chi connectivity index (χ2n) is 2.79. The summed E-state index contributed by atoms with van der Waals surface area (Å²) in [5.74, 6) is 2.05. The van der Waals surface area contributed by atoms with Crippen LogP contribution in [0.2, 0.25) is 0 Å². The smallest absolute Gasteiger partial charge is 0.547 e. The van der Waals surface area contributed by atoms with Crippen LogP contribution in [0.1, 0.15) is 0 Å². The first-order valence-electron chi connectivity index (χ1n) is 4.56. The zero-order chi connectivity index (χ0) is 12.1. The summed E-state index contributed by atoms with van der Waals surface area (Å²) in [6, 6.07) is 2.88. The van der Waals surface area contributed by atoms with Crippen LogP contribution in [0.4, 0.5) is 0 Å². The van der Waals surface area contributed by atoms with E-state index in [1.807, 2.05) is 0 Å². The van der Waals surface area contributed by atoms with E-state index in [1.54, 1.807) is 0 Å². The van der Waals surface area contributed by atoms with Crippen molar-refractivity contribution < 1.29 is 42.5 Å². The second-order valence-corrected chi connectivity index (χ2v) is 2.79. The monoisotopic (exact) mass is 234 g/mol. The van der Waals surface area contributed by atoms with Gasteiger partial charge in [0.1, 0.15) is 0 Å². The van der Waals surface area contributed by atoms with Crippen molar-refractivity contribution in [2.24, 2.45) is 0 Å². The van der Waals surface area contributed by atoms with Crippen molar-refractivity contribution in [1.82, 2.24) is 0 Å². The number of hydrogen-bond acceptors (Lipinski definition) is 5. The Morgan fingerprint density at radius 3 is 1.18 bits per heavy atom. The molecule has 1 aromatic rings. The first-order chi connectivity index (χ1) is 7.73. The third kappa shape index (κ3) is 2.93. The summed E-state index contributed by atoms with van der Waals surface area (Å²) in [4.78, 5) is 0. The van der Waals surface area contributed by atoms with Crippen LogP contribution >= 0.6 is 0 Å². The molecule has 0 heterocycles. The summed E-state index contributed by atoms with van der Waals surface area (Å²) in [6.07, 6.45) is 0. The average Bonchev–Trinajstić information content (AvgIpc) is 2.35. The Balaban J connectivity index is 0.00000256. The molecule has 0 aliphatic heterocycles. The minimum absolute atomic E-state index is 0. The maximum atomic E-state index is 5.21. The number of hydrogen-bond donors (Lipinski definition) is 0. The topological polar surface area (TPSA) is 46.2 Å². The Bertz CT molecular complexity index is 337. The average molecular weight is 234 g/mol. The molecule has 0 amide bonds. The number of methoxy groups -OCH3 is 5. The van der Waals surface area contributed by atoms with E-state index in [2.05, 4.69) is 6.07 Å². The third-order valence-corrected chi connectivity index (χ3v) is 2.07. The van der Waals surface area contributed by atoms with Crippen molar-refractivity contribution in [2.45, 2.75) is 0 Å². The normalized spacial score (nSPS) is 9.00.